The number of aryl methyl sites for hydroxylation is 1. The molecule has 0 saturated heterocycles. The Kier molecular flexibility index (Phi) is 5.45. The molecule has 1 aromatic carbocycles. The summed E-state index contributed by atoms with van der Waals surface area (Å²) in [5, 5.41) is 5.86. The standard InChI is InChI=1S/C16H16F3N3O3/c1-10-5-3-4-6-12(10)20-15(24)11(2)25-14(23)9-22-8-7-13(21-22)16(17,18)19/h3-8,11H,9H2,1-2H3,(H,20,24). The van der Waals surface area contributed by atoms with E-state index in [1.165, 1.54) is 6.92 Å². The zero-order valence-electron chi connectivity index (χ0n) is 13.5. The van der Waals surface area contributed by atoms with Gasteiger partial charge >= 0.3 is 12.1 Å². The number of nitrogens with zero attached hydrogens (tertiary/aromatic N) is 2. The molecule has 0 radical (unpaired) electrons. The first kappa shape index (κ1) is 18.5. The first-order valence-electron chi connectivity index (χ1n) is 7.33. The van der Waals surface area contributed by atoms with Gasteiger partial charge in [-0.1, -0.05) is 18.2 Å². The Hall–Kier alpha value is -2.84. The first-order chi connectivity index (χ1) is 11.7. The van der Waals surface area contributed by atoms with E-state index < -0.39 is 36.4 Å². The van der Waals surface area contributed by atoms with Crippen molar-refractivity contribution in [2.24, 2.45) is 0 Å². The summed E-state index contributed by atoms with van der Waals surface area (Å²) in [6.07, 6.45) is -4.68. The number of aromatic nitrogens is 2. The number of alkyl halides is 3. The quantitative estimate of drug-likeness (QED) is 0.837. The van der Waals surface area contributed by atoms with Gasteiger partial charge in [0.25, 0.3) is 5.91 Å². The minimum atomic E-state index is -4.59. The van der Waals surface area contributed by atoms with E-state index in [4.69, 9.17) is 4.74 Å². The normalized spacial score (nSPS) is 12.5. The van der Waals surface area contributed by atoms with Gasteiger partial charge < -0.3 is 10.1 Å². The average molecular weight is 355 g/mol. The number of rotatable bonds is 5. The minimum absolute atomic E-state index is 0.530. The molecule has 1 N–H and O–H groups in total. The van der Waals surface area contributed by atoms with E-state index in [1.807, 2.05) is 19.1 Å². The van der Waals surface area contributed by atoms with E-state index in [9.17, 15) is 22.8 Å². The lowest BCUT2D eigenvalue weighted by Gasteiger charge is -2.14. The smallest absolute Gasteiger partial charge is 0.435 e. The number of nitrogens with one attached hydrogen (secondary N) is 1. The third kappa shape index (κ3) is 5.07. The third-order valence-corrected chi connectivity index (χ3v) is 3.30. The molecule has 9 heteroatoms. The predicted octanol–water partition coefficient (Wildman–Crippen LogP) is 2.78. The molecule has 0 aliphatic rings. The van der Waals surface area contributed by atoms with E-state index in [2.05, 4.69) is 10.4 Å². The molecule has 0 aliphatic heterocycles. The third-order valence-electron chi connectivity index (χ3n) is 3.30. The highest BCUT2D eigenvalue weighted by atomic mass is 19.4. The first-order valence-corrected chi connectivity index (χ1v) is 7.33. The number of anilines is 1. The molecule has 1 unspecified atom stereocenters. The van der Waals surface area contributed by atoms with E-state index in [0.29, 0.717) is 5.69 Å². The van der Waals surface area contributed by atoms with Crippen molar-refractivity contribution in [3.8, 4) is 0 Å². The molecule has 25 heavy (non-hydrogen) atoms. The van der Waals surface area contributed by atoms with E-state index in [0.717, 1.165) is 22.5 Å². The number of amides is 1. The highest BCUT2D eigenvalue weighted by Gasteiger charge is 2.33. The molecule has 1 atom stereocenters. The molecule has 1 amide bonds. The molecule has 134 valence electrons. The molecule has 2 rings (SSSR count). The number of hydrogen-bond donors (Lipinski definition) is 1. The van der Waals surface area contributed by atoms with Crippen LogP contribution in [-0.2, 0) is 27.0 Å². The summed E-state index contributed by atoms with van der Waals surface area (Å²) in [6, 6.07) is 7.82. The molecule has 0 fully saturated rings. The van der Waals surface area contributed by atoms with Crippen LogP contribution in [0.1, 0.15) is 18.2 Å². The number of carbonyl (C=O) groups excluding carboxylic acids is 2. The van der Waals surface area contributed by atoms with Crippen molar-refractivity contribution in [3.05, 3.63) is 47.8 Å². The zero-order chi connectivity index (χ0) is 18.6. The molecule has 0 spiro atoms. The molecular weight excluding hydrogens is 339 g/mol. The van der Waals surface area contributed by atoms with Gasteiger partial charge in [0.05, 0.1) is 0 Å². The Morgan fingerprint density at radius 3 is 2.56 bits per heavy atom. The summed E-state index contributed by atoms with van der Waals surface area (Å²) < 4.78 is 43.1. The average Bonchev–Trinajstić information content (AvgIpc) is 2.98. The maximum atomic E-state index is 12.4. The summed E-state index contributed by atoms with van der Waals surface area (Å²) in [6.45, 7) is 2.65. The summed E-state index contributed by atoms with van der Waals surface area (Å²) in [5.41, 5.74) is 0.313. The Morgan fingerprint density at radius 1 is 1.28 bits per heavy atom. The highest BCUT2D eigenvalue weighted by molar-refractivity contribution is 5.95. The number of benzene rings is 1. The number of hydrogen-bond acceptors (Lipinski definition) is 4. The van der Waals surface area contributed by atoms with Gasteiger partial charge in [0.15, 0.2) is 11.8 Å². The van der Waals surface area contributed by atoms with Gasteiger partial charge in [-0.25, -0.2) is 0 Å². The van der Waals surface area contributed by atoms with Crippen molar-refractivity contribution < 1.29 is 27.5 Å². The van der Waals surface area contributed by atoms with Crippen molar-refractivity contribution in [1.82, 2.24) is 9.78 Å². The monoisotopic (exact) mass is 355 g/mol. The molecule has 1 aromatic heterocycles. The summed E-state index contributed by atoms with van der Waals surface area (Å²) >= 11 is 0. The topological polar surface area (TPSA) is 73.2 Å². The van der Waals surface area contributed by atoms with Crippen LogP contribution in [0.3, 0.4) is 0 Å². The van der Waals surface area contributed by atoms with Crippen LogP contribution in [0.15, 0.2) is 36.5 Å². The van der Waals surface area contributed by atoms with E-state index >= 15 is 0 Å². The molecule has 0 aliphatic carbocycles. The second-order valence-corrected chi connectivity index (χ2v) is 5.33. The van der Waals surface area contributed by atoms with Gasteiger partial charge in [-0.05, 0) is 31.5 Å². The Bertz CT molecular complexity index is 771. The van der Waals surface area contributed by atoms with Gasteiger partial charge in [-0.2, -0.15) is 18.3 Å². The predicted molar refractivity (Wildman–Crippen MR) is 82.6 cm³/mol. The van der Waals surface area contributed by atoms with Gasteiger partial charge in [0.1, 0.15) is 6.54 Å². The fraction of sp³-hybridized carbons (Fsp3) is 0.312. The van der Waals surface area contributed by atoms with Crippen LogP contribution < -0.4 is 5.32 Å². The number of para-hydroxylation sites is 1. The van der Waals surface area contributed by atoms with Crippen LogP contribution in [0.5, 0.6) is 0 Å². The highest BCUT2D eigenvalue weighted by Crippen LogP contribution is 2.27. The lowest BCUT2D eigenvalue weighted by Crippen LogP contribution is -2.31. The van der Waals surface area contributed by atoms with Crippen molar-refractivity contribution in [1.29, 1.82) is 0 Å². The van der Waals surface area contributed by atoms with Crippen molar-refractivity contribution in [2.75, 3.05) is 5.32 Å². The molecule has 0 saturated carbocycles. The van der Waals surface area contributed by atoms with Crippen LogP contribution in [-0.4, -0.2) is 27.8 Å². The summed E-state index contributed by atoms with van der Waals surface area (Å²) in [4.78, 5) is 23.8. The van der Waals surface area contributed by atoms with Gasteiger partial charge in [-0.3, -0.25) is 14.3 Å². The number of ether oxygens (including phenoxy) is 1. The van der Waals surface area contributed by atoms with Crippen molar-refractivity contribution >= 4 is 17.6 Å². The van der Waals surface area contributed by atoms with Crippen LogP contribution in [0.4, 0.5) is 18.9 Å². The van der Waals surface area contributed by atoms with Gasteiger partial charge in [0.2, 0.25) is 0 Å². The maximum absolute atomic E-state index is 12.4. The molecular formula is C16H16F3N3O3. The minimum Gasteiger partial charge on any atom is -0.451 e. The molecule has 0 bridgehead atoms. The summed E-state index contributed by atoms with van der Waals surface area (Å²) in [5.74, 6) is -1.41. The number of esters is 1. The Balaban J connectivity index is 1.90. The molecule has 1 heterocycles. The summed E-state index contributed by atoms with van der Waals surface area (Å²) in [7, 11) is 0. The van der Waals surface area contributed by atoms with Crippen molar-refractivity contribution in [3.63, 3.8) is 0 Å². The van der Waals surface area contributed by atoms with Gasteiger partial charge in [0, 0.05) is 11.9 Å². The van der Waals surface area contributed by atoms with Crippen LogP contribution in [0, 0.1) is 6.92 Å². The molecule has 2 aromatic rings. The lowest BCUT2D eigenvalue weighted by molar-refractivity contribution is -0.154. The van der Waals surface area contributed by atoms with Crippen LogP contribution >= 0.6 is 0 Å². The fourth-order valence-electron chi connectivity index (χ4n) is 1.97. The largest absolute Gasteiger partial charge is 0.451 e. The Morgan fingerprint density at radius 2 is 1.96 bits per heavy atom. The second-order valence-electron chi connectivity index (χ2n) is 5.33. The molecule has 6 nitrogen and oxygen atoms in total. The number of carbonyl (C=O) groups is 2. The van der Waals surface area contributed by atoms with Crippen LogP contribution in [0.2, 0.25) is 0 Å². The fourth-order valence-corrected chi connectivity index (χ4v) is 1.97. The lowest BCUT2D eigenvalue weighted by atomic mass is 10.2. The van der Waals surface area contributed by atoms with Crippen molar-refractivity contribution in [2.45, 2.75) is 32.7 Å². The SMILES string of the molecule is Cc1ccccc1NC(=O)C(C)OC(=O)Cn1ccc(C(F)(F)F)n1. The number of halogens is 3. The van der Waals surface area contributed by atoms with E-state index in [1.54, 1.807) is 12.1 Å². The van der Waals surface area contributed by atoms with Crippen LogP contribution in [0.25, 0.3) is 0 Å². The Labute approximate surface area is 141 Å². The van der Waals surface area contributed by atoms with Gasteiger partial charge in [-0.15, -0.1) is 0 Å². The zero-order valence-corrected chi connectivity index (χ0v) is 13.5. The van der Waals surface area contributed by atoms with E-state index in [-0.39, 0.29) is 0 Å². The second kappa shape index (κ2) is 7.37. The maximum Gasteiger partial charge on any atom is 0.435 e.